The Morgan fingerprint density at radius 2 is 1.94 bits per heavy atom. The summed E-state index contributed by atoms with van der Waals surface area (Å²) in [4.78, 5) is 11.8. The fourth-order valence-corrected chi connectivity index (χ4v) is 2.78. The average molecular weight is 253 g/mol. The van der Waals surface area contributed by atoms with Gasteiger partial charge in [0, 0.05) is 0 Å². The predicted molar refractivity (Wildman–Crippen MR) is 61.0 cm³/mol. The summed E-state index contributed by atoms with van der Waals surface area (Å²) in [7, 11) is 0. The molecule has 1 rings (SSSR count). The molecule has 0 bridgehead atoms. The van der Waals surface area contributed by atoms with Gasteiger partial charge in [-0.3, -0.25) is 13.3 Å². The van der Waals surface area contributed by atoms with Crippen LogP contribution in [0.1, 0.15) is 34.6 Å². The molecule has 0 aromatic carbocycles. The number of amides is 1. The average Bonchev–Trinajstić information content (AvgIpc) is 2.16. The lowest BCUT2D eigenvalue weighted by atomic mass is 10.1. The fraction of sp³-hybridized carbons (Fsp3) is 0.889. The number of rotatable bonds is 0. The van der Waals surface area contributed by atoms with E-state index in [1.807, 2.05) is 0 Å². The lowest BCUT2D eigenvalue weighted by Gasteiger charge is -2.37. The molecule has 0 spiro atoms. The van der Waals surface area contributed by atoms with Crippen molar-refractivity contribution >= 4 is 17.1 Å². The summed E-state index contributed by atoms with van der Waals surface area (Å²) in [5, 5.41) is 0. The molecule has 6 nitrogen and oxygen atoms in total. The van der Waals surface area contributed by atoms with Crippen molar-refractivity contribution in [3.05, 3.63) is 0 Å². The van der Waals surface area contributed by atoms with Crippen LogP contribution in [0.25, 0.3) is 0 Å². The Balaban J connectivity index is 2.89. The van der Waals surface area contributed by atoms with Gasteiger partial charge in [0.05, 0.1) is 12.1 Å². The lowest BCUT2D eigenvalue weighted by Crippen LogP contribution is -2.46. The molecule has 16 heavy (non-hydrogen) atoms. The van der Waals surface area contributed by atoms with Gasteiger partial charge in [-0.05, 0) is 34.6 Å². The van der Waals surface area contributed by atoms with Crippen LogP contribution in [0.15, 0.2) is 0 Å². The Bertz CT molecular complexity index is 281. The van der Waals surface area contributed by atoms with E-state index in [1.54, 1.807) is 34.6 Å². The van der Waals surface area contributed by atoms with Crippen molar-refractivity contribution in [2.24, 2.45) is 0 Å². The van der Waals surface area contributed by atoms with Gasteiger partial charge < -0.3 is 4.74 Å². The molecule has 1 heterocycles. The predicted octanol–water partition coefficient (Wildman–Crippen LogP) is 2.61. The maximum absolute atomic E-state index is 11.8. The molecule has 2 N–H and O–H groups in total. The van der Waals surface area contributed by atoms with Gasteiger partial charge in [0.2, 0.25) is 0 Å². The third-order valence-electron chi connectivity index (χ3n) is 1.92. The minimum Gasteiger partial charge on any atom is -0.443 e. The second-order valence-electron chi connectivity index (χ2n) is 5.32. The zero-order valence-electron chi connectivity index (χ0n) is 10.2. The van der Waals surface area contributed by atoms with Crippen LogP contribution in [0.2, 0.25) is 0 Å². The van der Waals surface area contributed by atoms with Crippen molar-refractivity contribution in [2.75, 3.05) is 6.61 Å². The van der Waals surface area contributed by atoms with E-state index in [1.165, 1.54) is 0 Å². The van der Waals surface area contributed by atoms with E-state index < -0.39 is 28.3 Å². The second kappa shape index (κ2) is 3.76. The molecule has 0 atom stereocenters. The van der Waals surface area contributed by atoms with Crippen molar-refractivity contribution in [3.8, 4) is 0 Å². The highest BCUT2D eigenvalue weighted by Crippen LogP contribution is 2.55. The molecule has 1 amide bonds. The van der Waals surface area contributed by atoms with Crippen molar-refractivity contribution in [2.45, 2.75) is 45.8 Å². The summed E-state index contributed by atoms with van der Waals surface area (Å²) in [6.07, 6.45) is -0.782. The molecule has 0 saturated carbocycles. The Hall–Kier alpha value is -0.500. The normalized spacial score (nSPS) is 25.3. The molecule has 1 aliphatic heterocycles. The summed E-state index contributed by atoms with van der Waals surface area (Å²) < 4.78 is 30.0. The SMILES string of the molecule is CC(C)(C)OC(=O)N1C(C)(C)COS1(O)O. The number of nitrogens with zero attached hydrogens (tertiary/aromatic N) is 1. The molecular formula is C9H19NO5S. The third kappa shape index (κ3) is 2.79. The van der Waals surface area contributed by atoms with Crippen LogP contribution in [0.3, 0.4) is 0 Å². The first-order valence-corrected chi connectivity index (χ1v) is 6.34. The smallest absolute Gasteiger partial charge is 0.424 e. The van der Waals surface area contributed by atoms with Gasteiger partial charge in [-0.1, -0.05) is 0 Å². The summed E-state index contributed by atoms with van der Waals surface area (Å²) in [6, 6.07) is 0. The lowest BCUT2D eigenvalue weighted by molar-refractivity contribution is 0.0278. The highest BCUT2D eigenvalue weighted by atomic mass is 32.3. The summed E-state index contributed by atoms with van der Waals surface area (Å²) in [6.45, 7) is 8.55. The van der Waals surface area contributed by atoms with E-state index in [-0.39, 0.29) is 6.61 Å². The Morgan fingerprint density at radius 1 is 1.44 bits per heavy atom. The van der Waals surface area contributed by atoms with Gasteiger partial charge in [0.15, 0.2) is 11.1 Å². The summed E-state index contributed by atoms with van der Waals surface area (Å²) in [5.41, 5.74) is -1.48. The molecule has 0 aliphatic carbocycles. The van der Waals surface area contributed by atoms with E-state index in [4.69, 9.17) is 8.92 Å². The standard InChI is InChI=1S/C9H19NO5S/c1-8(2,3)15-7(11)10-9(4,5)6-14-16(10,12)13/h12-13H,6H2,1-5H3. The van der Waals surface area contributed by atoms with Crippen LogP contribution in [0.5, 0.6) is 0 Å². The van der Waals surface area contributed by atoms with E-state index in [0.29, 0.717) is 0 Å². The first-order chi connectivity index (χ1) is 6.96. The molecule has 0 aromatic heterocycles. The largest absolute Gasteiger partial charge is 0.443 e. The van der Waals surface area contributed by atoms with Crippen LogP contribution >= 0.6 is 11.1 Å². The van der Waals surface area contributed by atoms with E-state index >= 15 is 0 Å². The van der Waals surface area contributed by atoms with Crippen LogP contribution in [0, 0.1) is 0 Å². The molecule has 1 aliphatic rings. The molecule has 0 aromatic rings. The van der Waals surface area contributed by atoms with Gasteiger partial charge in [-0.2, -0.15) is 4.31 Å². The number of carbonyl (C=O) groups excluding carboxylic acids is 1. The van der Waals surface area contributed by atoms with Gasteiger partial charge in [0.25, 0.3) is 0 Å². The maximum atomic E-state index is 11.8. The molecule has 7 heteroatoms. The number of hydrogen-bond acceptors (Lipinski definition) is 5. The molecular weight excluding hydrogens is 234 g/mol. The maximum Gasteiger partial charge on any atom is 0.424 e. The van der Waals surface area contributed by atoms with Crippen molar-refractivity contribution in [3.63, 3.8) is 0 Å². The highest BCUT2D eigenvalue weighted by Gasteiger charge is 2.52. The Kier molecular flexibility index (Phi) is 3.19. The molecule has 1 saturated heterocycles. The molecule has 96 valence electrons. The second-order valence-corrected chi connectivity index (χ2v) is 6.86. The van der Waals surface area contributed by atoms with Gasteiger partial charge in [-0.15, -0.1) is 0 Å². The monoisotopic (exact) mass is 253 g/mol. The first-order valence-electron chi connectivity index (χ1n) is 4.92. The van der Waals surface area contributed by atoms with Crippen molar-refractivity contribution < 1.29 is 22.8 Å². The Labute approximate surface area is 97.2 Å². The topological polar surface area (TPSA) is 79.2 Å². The quantitative estimate of drug-likeness (QED) is 0.693. The van der Waals surface area contributed by atoms with E-state index in [0.717, 1.165) is 4.31 Å². The summed E-state index contributed by atoms with van der Waals surface area (Å²) >= 11 is -3.51. The molecule has 0 unspecified atom stereocenters. The minimum atomic E-state index is -3.51. The zero-order valence-corrected chi connectivity index (χ0v) is 11.0. The van der Waals surface area contributed by atoms with Gasteiger partial charge in [0.1, 0.15) is 5.60 Å². The fourth-order valence-electron chi connectivity index (χ4n) is 1.30. The first kappa shape index (κ1) is 13.6. The zero-order chi connectivity index (χ0) is 12.8. The molecule has 1 fully saturated rings. The Morgan fingerprint density at radius 3 is 2.25 bits per heavy atom. The number of carbonyl (C=O) groups is 1. The minimum absolute atomic E-state index is 0.0641. The number of hydrogen-bond donors (Lipinski definition) is 2. The van der Waals surface area contributed by atoms with Gasteiger partial charge in [-0.25, -0.2) is 4.79 Å². The van der Waals surface area contributed by atoms with Crippen LogP contribution in [-0.4, -0.2) is 37.3 Å². The van der Waals surface area contributed by atoms with Gasteiger partial charge >= 0.3 is 6.09 Å². The number of ether oxygens (including phenoxy) is 1. The van der Waals surface area contributed by atoms with Crippen molar-refractivity contribution in [1.29, 1.82) is 0 Å². The van der Waals surface area contributed by atoms with E-state index in [9.17, 15) is 13.9 Å². The third-order valence-corrected chi connectivity index (χ3v) is 3.47. The van der Waals surface area contributed by atoms with Crippen LogP contribution < -0.4 is 0 Å². The molecule has 0 radical (unpaired) electrons. The highest BCUT2D eigenvalue weighted by molar-refractivity contribution is 8.18. The van der Waals surface area contributed by atoms with E-state index in [2.05, 4.69) is 0 Å². The summed E-state index contributed by atoms with van der Waals surface area (Å²) in [5.74, 6) is 0. The van der Waals surface area contributed by atoms with Crippen LogP contribution in [-0.2, 0) is 8.92 Å². The van der Waals surface area contributed by atoms with Crippen LogP contribution in [0.4, 0.5) is 4.79 Å². The van der Waals surface area contributed by atoms with Crippen molar-refractivity contribution in [1.82, 2.24) is 4.31 Å².